The molecule has 122 valence electrons. The van der Waals surface area contributed by atoms with Crippen LogP contribution < -0.4 is 5.32 Å². The number of rotatable bonds is 4. The van der Waals surface area contributed by atoms with Crippen LogP contribution in [-0.2, 0) is 11.3 Å². The fraction of sp³-hybridized carbons (Fsp3) is 0.688. The molecule has 2 aliphatic heterocycles. The Morgan fingerprint density at radius 1 is 1.45 bits per heavy atom. The van der Waals surface area contributed by atoms with Gasteiger partial charge in [0.1, 0.15) is 18.1 Å². The SMILES string of the molecule is COCc1ccc([C@H]2CCCN2C(=O)N[C@H]2CCCSC2)o1. The molecule has 2 saturated heterocycles. The Morgan fingerprint density at radius 3 is 3.14 bits per heavy atom. The molecule has 2 atom stereocenters. The maximum atomic E-state index is 12.6. The van der Waals surface area contributed by atoms with E-state index in [0.717, 1.165) is 43.1 Å². The second-order valence-corrected chi connectivity index (χ2v) is 7.10. The highest BCUT2D eigenvalue weighted by atomic mass is 32.2. The normalized spacial score (nSPS) is 25.4. The van der Waals surface area contributed by atoms with Crippen LogP contribution in [0.3, 0.4) is 0 Å². The van der Waals surface area contributed by atoms with Gasteiger partial charge in [0.25, 0.3) is 0 Å². The smallest absolute Gasteiger partial charge is 0.318 e. The number of urea groups is 1. The van der Waals surface area contributed by atoms with Gasteiger partial charge in [0, 0.05) is 25.4 Å². The highest BCUT2D eigenvalue weighted by Gasteiger charge is 2.33. The molecule has 2 aliphatic rings. The van der Waals surface area contributed by atoms with Gasteiger partial charge < -0.3 is 19.4 Å². The van der Waals surface area contributed by atoms with Crippen molar-refractivity contribution in [2.75, 3.05) is 25.2 Å². The zero-order valence-corrected chi connectivity index (χ0v) is 13.9. The fourth-order valence-electron chi connectivity index (χ4n) is 3.21. The third kappa shape index (κ3) is 3.60. The lowest BCUT2D eigenvalue weighted by molar-refractivity contribution is 0.155. The van der Waals surface area contributed by atoms with Crippen LogP contribution in [0, 0.1) is 0 Å². The highest BCUT2D eigenvalue weighted by molar-refractivity contribution is 7.99. The summed E-state index contributed by atoms with van der Waals surface area (Å²) >= 11 is 1.93. The van der Waals surface area contributed by atoms with Crippen molar-refractivity contribution in [1.82, 2.24) is 10.2 Å². The second-order valence-electron chi connectivity index (χ2n) is 5.95. The van der Waals surface area contributed by atoms with Gasteiger partial charge in [-0.3, -0.25) is 0 Å². The van der Waals surface area contributed by atoms with Crippen molar-refractivity contribution in [1.29, 1.82) is 0 Å². The van der Waals surface area contributed by atoms with Crippen molar-refractivity contribution in [2.45, 2.75) is 44.4 Å². The van der Waals surface area contributed by atoms with E-state index in [1.165, 1.54) is 12.2 Å². The summed E-state index contributed by atoms with van der Waals surface area (Å²) in [6.45, 7) is 1.27. The summed E-state index contributed by atoms with van der Waals surface area (Å²) in [6.07, 6.45) is 4.28. The molecular weight excluding hydrogens is 300 g/mol. The number of likely N-dealkylation sites (tertiary alicyclic amines) is 1. The molecule has 1 aromatic heterocycles. The van der Waals surface area contributed by atoms with Gasteiger partial charge in [0.05, 0.1) is 6.04 Å². The summed E-state index contributed by atoms with van der Waals surface area (Å²) in [4.78, 5) is 14.5. The second kappa shape index (κ2) is 7.42. The lowest BCUT2D eigenvalue weighted by Gasteiger charge is -2.28. The molecule has 2 fully saturated rings. The van der Waals surface area contributed by atoms with E-state index in [1.54, 1.807) is 7.11 Å². The standard InChI is InChI=1S/C16H24N2O3S/c1-20-10-13-6-7-15(21-13)14-5-2-8-18(14)16(19)17-12-4-3-9-22-11-12/h6-7,12,14H,2-5,8-11H2,1H3,(H,17,19)/t12-,14+/m0/s1. The highest BCUT2D eigenvalue weighted by Crippen LogP contribution is 2.33. The molecule has 3 heterocycles. The summed E-state index contributed by atoms with van der Waals surface area (Å²) in [7, 11) is 1.65. The van der Waals surface area contributed by atoms with E-state index >= 15 is 0 Å². The topological polar surface area (TPSA) is 54.7 Å². The largest absolute Gasteiger partial charge is 0.461 e. The average molecular weight is 324 g/mol. The molecule has 22 heavy (non-hydrogen) atoms. The monoisotopic (exact) mass is 324 g/mol. The van der Waals surface area contributed by atoms with Crippen molar-refractivity contribution in [3.63, 3.8) is 0 Å². The first-order valence-corrected chi connectivity index (χ1v) is 9.16. The molecule has 5 nitrogen and oxygen atoms in total. The van der Waals surface area contributed by atoms with E-state index in [2.05, 4.69) is 5.32 Å². The molecule has 3 rings (SSSR count). The van der Waals surface area contributed by atoms with Crippen molar-refractivity contribution < 1.29 is 13.9 Å². The van der Waals surface area contributed by atoms with Crippen LogP contribution in [0.4, 0.5) is 4.79 Å². The minimum absolute atomic E-state index is 0.0553. The number of furan rings is 1. The lowest BCUT2D eigenvalue weighted by Crippen LogP contribution is -2.46. The Bertz CT molecular complexity index is 499. The summed E-state index contributed by atoms with van der Waals surface area (Å²) in [5.74, 6) is 3.93. The number of methoxy groups -OCH3 is 1. The lowest BCUT2D eigenvalue weighted by atomic mass is 10.1. The Kier molecular flexibility index (Phi) is 5.31. The Labute approximate surface area is 135 Å². The van der Waals surface area contributed by atoms with Crippen LogP contribution in [0.2, 0.25) is 0 Å². The van der Waals surface area contributed by atoms with Crippen LogP contribution in [-0.4, -0.2) is 42.1 Å². The number of ether oxygens (including phenoxy) is 1. The Hall–Kier alpha value is -1.14. The molecule has 0 spiro atoms. The number of amides is 2. The van der Waals surface area contributed by atoms with Gasteiger partial charge >= 0.3 is 6.03 Å². The average Bonchev–Trinajstić information content (AvgIpc) is 3.17. The van der Waals surface area contributed by atoms with E-state index in [1.807, 2.05) is 28.8 Å². The van der Waals surface area contributed by atoms with Crippen LogP contribution in [0.25, 0.3) is 0 Å². The molecule has 6 heteroatoms. The number of carbonyl (C=O) groups is 1. The maximum absolute atomic E-state index is 12.6. The Balaban J connectivity index is 1.62. The van der Waals surface area contributed by atoms with Crippen molar-refractivity contribution in [3.8, 4) is 0 Å². The molecule has 0 aliphatic carbocycles. The van der Waals surface area contributed by atoms with E-state index in [4.69, 9.17) is 9.15 Å². The molecule has 1 N–H and O–H groups in total. The first-order chi connectivity index (χ1) is 10.8. The van der Waals surface area contributed by atoms with E-state index < -0.39 is 0 Å². The molecule has 0 saturated carbocycles. The molecule has 0 unspecified atom stereocenters. The van der Waals surface area contributed by atoms with Gasteiger partial charge in [-0.25, -0.2) is 4.79 Å². The number of hydrogen-bond acceptors (Lipinski definition) is 4. The first kappa shape index (κ1) is 15.7. The third-order valence-corrected chi connectivity index (χ3v) is 5.51. The molecule has 0 aromatic carbocycles. The zero-order valence-electron chi connectivity index (χ0n) is 13.0. The number of thioether (sulfide) groups is 1. The molecule has 1 aromatic rings. The van der Waals surface area contributed by atoms with Crippen molar-refractivity contribution in [3.05, 3.63) is 23.7 Å². The fourth-order valence-corrected chi connectivity index (χ4v) is 4.28. The number of hydrogen-bond donors (Lipinski definition) is 1. The number of nitrogens with zero attached hydrogens (tertiary/aromatic N) is 1. The van der Waals surface area contributed by atoms with Crippen LogP contribution in [0.5, 0.6) is 0 Å². The summed E-state index contributed by atoms with van der Waals surface area (Å²) in [6, 6.07) is 4.33. The van der Waals surface area contributed by atoms with Gasteiger partial charge in [-0.15, -0.1) is 0 Å². The predicted octanol–water partition coefficient (Wildman–Crippen LogP) is 3.17. The number of nitrogens with one attached hydrogen (secondary N) is 1. The van der Waals surface area contributed by atoms with Crippen molar-refractivity contribution >= 4 is 17.8 Å². The summed E-state index contributed by atoms with van der Waals surface area (Å²) in [5, 5.41) is 3.19. The molecule has 0 bridgehead atoms. The van der Waals surface area contributed by atoms with Gasteiger partial charge in [0.15, 0.2) is 0 Å². The molecule has 0 radical (unpaired) electrons. The summed E-state index contributed by atoms with van der Waals surface area (Å²) in [5.41, 5.74) is 0. The van der Waals surface area contributed by atoms with Gasteiger partial charge in [0.2, 0.25) is 0 Å². The van der Waals surface area contributed by atoms with Crippen molar-refractivity contribution in [2.24, 2.45) is 0 Å². The van der Waals surface area contributed by atoms with Gasteiger partial charge in [-0.2, -0.15) is 11.8 Å². The van der Waals surface area contributed by atoms with E-state index in [-0.39, 0.29) is 12.1 Å². The molecule has 2 amide bonds. The van der Waals surface area contributed by atoms with E-state index in [0.29, 0.717) is 12.6 Å². The zero-order chi connectivity index (χ0) is 15.4. The minimum Gasteiger partial charge on any atom is -0.461 e. The molecular formula is C16H24N2O3S. The predicted molar refractivity (Wildman–Crippen MR) is 87.0 cm³/mol. The van der Waals surface area contributed by atoms with Crippen LogP contribution in [0.15, 0.2) is 16.5 Å². The minimum atomic E-state index is 0.0553. The van der Waals surface area contributed by atoms with Gasteiger partial charge in [-0.05, 0) is 43.6 Å². The van der Waals surface area contributed by atoms with Crippen LogP contribution >= 0.6 is 11.8 Å². The maximum Gasteiger partial charge on any atom is 0.318 e. The van der Waals surface area contributed by atoms with E-state index in [9.17, 15) is 4.79 Å². The van der Waals surface area contributed by atoms with Crippen LogP contribution in [0.1, 0.15) is 43.2 Å². The quantitative estimate of drug-likeness (QED) is 0.924. The Morgan fingerprint density at radius 2 is 2.36 bits per heavy atom. The van der Waals surface area contributed by atoms with Gasteiger partial charge in [-0.1, -0.05) is 0 Å². The third-order valence-electron chi connectivity index (χ3n) is 4.30. The first-order valence-electron chi connectivity index (χ1n) is 8.00. The summed E-state index contributed by atoms with van der Waals surface area (Å²) < 4.78 is 10.9. The number of carbonyl (C=O) groups excluding carboxylic acids is 1.